The van der Waals surface area contributed by atoms with Crippen LogP contribution in [-0.4, -0.2) is 17.0 Å². The number of carbonyl (C=O) groups excluding carboxylic acids is 1. The largest absolute Gasteiger partial charge is 0.310 e. The van der Waals surface area contributed by atoms with Gasteiger partial charge in [-0.15, -0.1) is 0 Å². The Balaban J connectivity index is 1.97. The Morgan fingerprint density at radius 3 is 2.54 bits per heavy atom. The number of aryl methyl sites for hydroxylation is 1. The number of para-hydroxylation sites is 1. The van der Waals surface area contributed by atoms with E-state index in [0.717, 1.165) is 11.3 Å². The van der Waals surface area contributed by atoms with Gasteiger partial charge in [0.05, 0.1) is 12.1 Å². The minimum atomic E-state index is -0.494. The van der Waals surface area contributed by atoms with Crippen molar-refractivity contribution in [2.45, 2.75) is 20.4 Å². The lowest BCUT2D eigenvalue weighted by Crippen LogP contribution is -2.32. The number of rotatable bonds is 5. The third-order valence-corrected chi connectivity index (χ3v) is 4.94. The van der Waals surface area contributed by atoms with Crippen molar-refractivity contribution in [2.24, 2.45) is 0 Å². The molecule has 0 radical (unpaired) electrons. The molecular formula is C22H20ClFN2O2. The normalized spacial score (nSPS) is 10.7. The number of anilines is 1. The van der Waals surface area contributed by atoms with E-state index in [2.05, 4.69) is 0 Å². The smallest absolute Gasteiger partial charge is 0.259 e. The average Bonchev–Trinajstić information content (AvgIpc) is 2.68. The van der Waals surface area contributed by atoms with Crippen molar-refractivity contribution >= 4 is 23.2 Å². The number of carbonyl (C=O) groups is 1. The molecular weight excluding hydrogens is 379 g/mol. The van der Waals surface area contributed by atoms with E-state index in [1.165, 1.54) is 35.0 Å². The van der Waals surface area contributed by atoms with E-state index < -0.39 is 5.82 Å². The molecule has 0 unspecified atom stereocenters. The number of halogens is 2. The third kappa shape index (κ3) is 3.99. The number of hydrogen-bond donors (Lipinski definition) is 0. The van der Waals surface area contributed by atoms with E-state index in [1.807, 2.05) is 38.1 Å². The minimum absolute atomic E-state index is 0.0536. The van der Waals surface area contributed by atoms with Crippen LogP contribution in [0.4, 0.5) is 10.1 Å². The van der Waals surface area contributed by atoms with Crippen LogP contribution in [0.3, 0.4) is 0 Å². The zero-order chi connectivity index (χ0) is 20.3. The first-order valence-electron chi connectivity index (χ1n) is 8.93. The number of pyridine rings is 1. The molecule has 0 bridgehead atoms. The van der Waals surface area contributed by atoms with Crippen LogP contribution in [0, 0.1) is 12.7 Å². The molecule has 0 N–H and O–H groups in total. The molecule has 1 amide bonds. The standard InChI is InChI=1S/C22H20ClFN2O2/c1-3-26(20-10-5-4-7-15(20)2)22(28)16-11-12-21(27)25(13-16)14-17-18(23)8-6-9-19(17)24/h4-13H,3,14H2,1-2H3. The Bertz CT molecular complexity index is 1060. The van der Waals surface area contributed by atoms with Gasteiger partial charge in [-0.2, -0.15) is 0 Å². The average molecular weight is 399 g/mol. The van der Waals surface area contributed by atoms with Crippen LogP contribution in [0.15, 0.2) is 65.6 Å². The van der Waals surface area contributed by atoms with E-state index in [9.17, 15) is 14.0 Å². The van der Waals surface area contributed by atoms with Crippen molar-refractivity contribution in [1.29, 1.82) is 0 Å². The molecule has 3 aromatic rings. The first-order valence-corrected chi connectivity index (χ1v) is 9.31. The van der Waals surface area contributed by atoms with Crippen LogP contribution in [0.1, 0.15) is 28.4 Å². The Morgan fingerprint density at radius 1 is 1.11 bits per heavy atom. The highest BCUT2D eigenvalue weighted by Gasteiger charge is 2.19. The molecule has 0 saturated heterocycles. The van der Waals surface area contributed by atoms with Gasteiger partial charge in [0.25, 0.3) is 11.5 Å². The topological polar surface area (TPSA) is 42.3 Å². The second kappa shape index (κ2) is 8.40. The summed E-state index contributed by atoms with van der Waals surface area (Å²) in [6.45, 7) is 4.25. The molecule has 28 heavy (non-hydrogen) atoms. The monoisotopic (exact) mass is 398 g/mol. The maximum atomic E-state index is 14.1. The van der Waals surface area contributed by atoms with Gasteiger partial charge in [-0.3, -0.25) is 9.59 Å². The van der Waals surface area contributed by atoms with Gasteiger partial charge in [0.1, 0.15) is 5.82 Å². The van der Waals surface area contributed by atoms with Gasteiger partial charge >= 0.3 is 0 Å². The van der Waals surface area contributed by atoms with E-state index in [0.29, 0.717) is 12.1 Å². The summed E-state index contributed by atoms with van der Waals surface area (Å²) in [5.41, 5.74) is 2.00. The highest BCUT2D eigenvalue weighted by Crippen LogP contribution is 2.22. The van der Waals surface area contributed by atoms with Crippen molar-refractivity contribution in [1.82, 2.24) is 4.57 Å². The fraction of sp³-hybridized carbons (Fsp3) is 0.182. The molecule has 4 nitrogen and oxygen atoms in total. The van der Waals surface area contributed by atoms with Gasteiger partial charge in [0.15, 0.2) is 0 Å². The lowest BCUT2D eigenvalue weighted by atomic mass is 10.1. The lowest BCUT2D eigenvalue weighted by molar-refractivity contribution is 0.0987. The number of aromatic nitrogens is 1. The Morgan fingerprint density at radius 2 is 1.86 bits per heavy atom. The summed E-state index contributed by atoms with van der Waals surface area (Å²) in [5, 5.41) is 0.235. The number of nitrogens with zero attached hydrogens (tertiary/aromatic N) is 2. The van der Waals surface area contributed by atoms with Crippen LogP contribution in [0.5, 0.6) is 0 Å². The predicted molar refractivity (Wildman–Crippen MR) is 110 cm³/mol. The summed E-state index contributed by atoms with van der Waals surface area (Å²) in [4.78, 5) is 27.0. The Hall–Kier alpha value is -2.92. The molecule has 0 aliphatic rings. The molecule has 0 aliphatic carbocycles. The van der Waals surface area contributed by atoms with Crippen LogP contribution in [0.25, 0.3) is 0 Å². The van der Waals surface area contributed by atoms with Crippen LogP contribution in [0.2, 0.25) is 5.02 Å². The van der Waals surface area contributed by atoms with E-state index in [4.69, 9.17) is 11.6 Å². The van der Waals surface area contributed by atoms with Gasteiger partial charge in [-0.1, -0.05) is 35.9 Å². The van der Waals surface area contributed by atoms with E-state index >= 15 is 0 Å². The summed E-state index contributed by atoms with van der Waals surface area (Å²) in [7, 11) is 0. The zero-order valence-corrected chi connectivity index (χ0v) is 16.4. The van der Waals surface area contributed by atoms with E-state index in [-0.39, 0.29) is 28.6 Å². The Labute approximate surface area is 167 Å². The SMILES string of the molecule is CCN(C(=O)c1ccc(=O)n(Cc2c(F)cccc2Cl)c1)c1ccccc1C. The molecule has 0 atom stereocenters. The van der Waals surface area contributed by atoms with Gasteiger partial charge in [0.2, 0.25) is 0 Å². The molecule has 3 rings (SSSR count). The molecule has 144 valence electrons. The summed E-state index contributed by atoms with van der Waals surface area (Å²) < 4.78 is 15.4. The molecule has 1 heterocycles. The van der Waals surface area contributed by atoms with Crippen LogP contribution >= 0.6 is 11.6 Å². The molecule has 0 fully saturated rings. The first kappa shape index (κ1) is 19.8. The van der Waals surface area contributed by atoms with Crippen molar-refractivity contribution < 1.29 is 9.18 Å². The van der Waals surface area contributed by atoms with Crippen molar-refractivity contribution in [3.05, 3.63) is 98.7 Å². The molecule has 0 spiro atoms. The first-order chi connectivity index (χ1) is 13.4. The number of benzene rings is 2. The highest BCUT2D eigenvalue weighted by molar-refractivity contribution is 6.31. The zero-order valence-electron chi connectivity index (χ0n) is 15.7. The highest BCUT2D eigenvalue weighted by atomic mass is 35.5. The molecule has 1 aromatic heterocycles. The summed E-state index contributed by atoms with van der Waals surface area (Å²) in [6.07, 6.45) is 1.45. The summed E-state index contributed by atoms with van der Waals surface area (Å²) in [5.74, 6) is -0.726. The lowest BCUT2D eigenvalue weighted by Gasteiger charge is -2.23. The molecule has 2 aromatic carbocycles. The fourth-order valence-corrected chi connectivity index (χ4v) is 3.30. The van der Waals surface area contributed by atoms with Gasteiger partial charge in [0, 0.05) is 35.1 Å². The summed E-state index contributed by atoms with van der Waals surface area (Å²) in [6, 6.07) is 14.8. The van der Waals surface area contributed by atoms with Crippen LogP contribution in [-0.2, 0) is 6.54 Å². The maximum Gasteiger partial charge on any atom is 0.259 e. The Kier molecular flexibility index (Phi) is 5.95. The number of hydrogen-bond acceptors (Lipinski definition) is 2. The fourth-order valence-electron chi connectivity index (χ4n) is 3.08. The minimum Gasteiger partial charge on any atom is -0.310 e. The van der Waals surface area contributed by atoms with E-state index in [1.54, 1.807) is 11.0 Å². The van der Waals surface area contributed by atoms with Crippen molar-refractivity contribution in [3.63, 3.8) is 0 Å². The quantitative estimate of drug-likeness (QED) is 0.627. The second-order valence-electron chi connectivity index (χ2n) is 6.42. The summed E-state index contributed by atoms with van der Waals surface area (Å²) >= 11 is 6.07. The third-order valence-electron chi connectivity index (χ3n) is 4.59. The van der Waals surface area contributed by atoms with Crippen LogP contribution < -0.4 is 10.5 Å². The van der Waals surface area contributed by atoms with Gasteiger partial charge in [-0.05, 0) is 43.7 Å². The predicted octanol–water partition coefficient (Wildman–Crippen LogP) is 4.66. The maximum absolute atomic E-state index is 14.1. The van der Waals surface area contributed by atoms with Crippen molar-refractivity contribution in [2.75, 3.05) is 11.4 Å². The van der Waals surface area contributed by atoms with Crippen molar-refractivity contribution in [3.8, 4) is 0 Å². The second-order valence-corrected chi connectivity index (χ2v) is 6.83. The molecule has 0 saturated carbocycles. The van der Waals surface area contributed by atoms with Gasteiger partial charge < -0.3 is 9.47 Å². The van der Waals surface area contributed by atoms with Gasteiger partial charge in [-0.25, -0.2) is 4.39 Å². The molecule has 6 heteroatoms. The molecule has 0 aliphatic heterocycles. The number of amides is 1.